The Morgan fingerprint density at radius 3 is 2.00 bits per heavy atom. The summed E-state index contributed by atoms with van der Waals surface area (Å²) < 4.78 is 6.06. The van der Waals surface area contributed by atoms with Gasteiger partial charge in [0.05, 0.1) is 11.2 Å². The van der Waals surface area contributed by atoms with Gasteiger partial charge in [-0.2, -0.15) is 0 Å². The largest absolute Gasteiger partial charge is 0.369 e. The standard InChI is InChI=1S/C16H30O2/c1-7-9-12(10-8-2)14(17)13-11-15(3,4)18-16(13,5)6/h12-13H,7-11H2,1-6H3. The predicted octanol–water partition coefficient (Wildman–Crippen LogP) is 4.37. The van der Waals surface area contributed by atoms with E-state index in [1.54, 1.807) is 0 Å². The van der Waals surface area contributed by atoms with Crippen LogP contribution in [0.5, 0.6) is 0 Å². The molecule has 1 rings (SSSR count). The topological polar surface area (TPSA) is 26.3 Å². The van der Waals surface area contributed by atoms with E-state index in [0.29, 0.717) is 5.78 Å². The summed E-state index contributed by atoms with van der Waals surface area (Å²) in [6.07, 6.45) is 5.10. The molecule has 0 amide bonds. The van der Waals surface area contributed by atoms with Gasteiger partial charge in [-0.05, 0) is 47.0 Å². The molecule has 1 aliphatic heterocycles. The summed E-state index contributed by atoms with van der Waals surface area (Å²) in [5.74, 6) is 0.742. The van der Waals surface area contributed by atoms with Crippen LogP contribution in [0.4, 0.5) is 0 Å². The molecule has 0 aromatic carbocycles. The quantitative estimate of drug-likeness (QED) is 0.703. The molecule has 18 heavy (non-hydrogen) atoms. The van der Waals surface area contributed by atoms with E-state index in [9.17, 15) is 4.79 Å². The minimum absolute atomic E-state index is 0.0654. The first kappa shape index (κ1) is 15.7. The number of hydrogen-bond donors (Lipinski definition) is 0. The van der Waals surface area contributed by atoms with Crippen molar-refractivity contribution in [2.75, 3.05) is 0 Å². The third-order valence-electron chi connectivity index (χ3n) is 4.09. The average molecular weight is 254 g/mol. The highest BCUT2D eigenvalue weighted by Gasteiger charge is 2.50. The summed E-state index contributed by atoms with van der Waals surface area (Å²) in [6, 6.07) is 0. The highest BCUT2D eigenvalue weighted by molar-refractivity contribution is 5.84. The van der Waals surface area contributed by atoms with E-state index in [4.69, 9.17) is 4.74 Å². The third-order valence-corrected chi connectivity index (χ3v) is 4.09. The molecule has 1 atom stereocenters. The van der Waals surface area contributed by atoms with Crippen molar-refractivity contribution in [2.24, 2.45) is 11.8 Å². The first-order valence-corrected chi connectivity index (χ1v) is 7.47. The van der Waals surface area contributed by atoms with Crippen LogP contribution in [-0.2, 0) is 9.53 Å². The molecule has 1 saturated heterocycles. The van der Waals surface area contributed by atoms with E-state index in [1.165, 1.54) is 0 Å². The van der Waals surface area contributed by atoms with Crippen LogP contribution in [0.1, 0.15) is 73.6 Å². The molecule has 0 saturated carbocycles. The molecule has 0 aromatic heterocycles. The zero-order chi connectivity index (χ0) is 14.0. The summed E-state index contributed by atoms with van der Waals surface area (Å²) in [5.41, 5.74) is -0.465. The minimum Gasteiger partial charge on any atom is -0.369 e. The van der Waals surface area contributed by atoms with Crippen LogP contribution in [0.2, 0.25) is 0 Å². The molecule has 0 bridgehead atoms. The van der Waals surface area contributed by atoms with Gasteiger partial charge in [-0.25, -0.2) is 0 Å². The zero-order valence-electron chi connectivity index (χ0n) is 13.0. The number of ketones is 1. The van der Waals surface area contributed by atoms with Crippen LogP contribution in [0, 0.1) is 11.8 Å². The number of rotatable bonds is 6. The highest BCUT2D eigenvalue weighted by Crippen LogP contribution is 2.44. The lowest BCUT2D eigenvalue weighted by Crippen LogP contribution is -2.36. The SMILES string of the molecule is CCCC(CCC)C(=O)C1CC(C)(C)OC1(C)C. The molecule has 0 radical (unpaired) electrons. The maximum Gasteiger partial charge on any atom is 0.142 e. The normalized spacial score (nSPS) is 25.6. The first-order chi connectivity index (χ1) is 8.23. The van der Waals surface area contributed by atoms with Crippen LogP contribution in [0.25, 0.3) is 0 Å². The van der Waals surface area contributed by atoms with Crippen LogP contribution >= 0.6 is 0 Å². The van der Waals surface area contributed by atoms with Crippen molar-refractivity contribution in [3.8, 4) is 0 Å². The van der Waals surface area contributed by atoms with Crippen molar-refractivity contribution in [2.45, 2.75) is 84.8 Å². The zero-order valence-corrected chi connectivity index (χ0v) is 13.0. The lowest BCUT2D eigenvalue weighted by atomic mass is 9.77. The predicted molar refractivity (Wildman–Crippen MR) is 75.7 cm³/mol. The summed E-state index contributed by atoms with van der Waals surface area (Å²) in [5, 5.41) is 0. The molecule has 1 unspecified atom stereocenters. The maximum absolute atomic E-state index is 12.7. The molecule has 1 aliphatic rings. The van der Waals surface area contributed by atoms with Gasteiger partial charge < -0.3 is 4.74 Å². The summed E-state index contributed by atoms with van der Waals surface area (Å²) in [4.78, 5) is 12.7. The van der Waals surface area contributed by atoms with Crippen molar-refractivity contribution in [3.63, 3.8) is 0 Å². The average Bonchev–Trinajstić information content (AvgIpc) is 2.45. The molecule has 0 aliphatic carbocycles. The second-order valence-electron chi connectivity index (χ2n) is 6.90. The van der Waals surface area contributed by atoms with Gasteiger partial charge in [0, 0.05) is 11.8 Å². The van der Waals surface area contributed by atoms with Crippen molar-refractivity contribution < 1.29 is 9.53 Å². The molecule has 1 fully saturated rings. The lowest BCUT2D eigenvalue weighted by molar-refractivity contribution is -0.133. The number of hydrogen-bond acceptors (Lipinski definition) is 2. The summed E-state index contributed by atoms with van der Waals surface area (Å²) >= 11 is 0. The molecule has 0 aromatic rings. The molecule has 2 nitrogen and oxygen atoms in total. The van der Waals surface area contributed by atoms with Gasteiger partial charge in [0.25, 0.3) is 0 Å². The van der Waals surface area contributed by atoms with Crippen LogP contribution in [0.3, 0.4) is 0 Å². The Balaban J connectivity index is 2.81. The fraction of sp³-hybridized carbons (Fsp3) is 0.938. The molecule has 1 heterocycles. The Morgan fingerprint density at radius 2 is 1.67 bits per heavy atom. The van der Waals surface area contributed by atoms with E-state index in [1.807, 2.05) is 0 Å². The van der Waals surface area contributed by atoms with Gasteiger partial charge >= 0.3 is 0 Å². The van der Waals surface area contributed by atoms with Crippen LogP contribution in [-0.4, -0.2) is 17.0 Å². The summed E-state index contributed by atoms with van der Waals surface area (Å²) in [6.45, 7) is 12.7. The molecular formula is C16H30O2. The Morgan fingerprint density at radius 1 is 1.17 bits per heavy atom. The summed E-state index contributed by atoms with van der Waals surface area (Å²) in [7, 11) is 0. The van der Waals surface area contributed by atoms with Crippen molar-refractivity contribution >= 4 is 5.78 Å². The van der Waals surface area contributed by atoms with Crippen molar-refractivity contribution in [3.05, 3.63) is 0 Å². The minimum atomic E-state index is -0.305. The van der Waals surface area contributed by atoms with Gasteiger partial charge in [-0.3, -0.25) is 4.79 Å². The number of carbonyl (C=O) groups is 1. The smallest absolute Gasteiger partial charge is 0.142 e. The highest BCUT2D eigenvalue weighted by atomic mass is 16.5. The van der Waals surface area contributed by atoms with E-state index < -0.39 is 0 Å². The second-order valence-corrected chi connectivity index (χ2v) is 6.90. The maximum atomic E-state index is 12.7. The van der Waals surface area contributed by atoms with Gasteiger partial charge in [0.15, 0.2) is 0 Å². The molecular weight excluding hydrogens is 224 g/mol. The second kappa shape index (κ2) is 5.73. The monoisotopic (exact) mass is 254 g/mol. The van der Waals surface area contributed by atoms with Crippen LogP contribution in [0.15, 0.2) is 0 Å². The fourth-order valence-electron chi connectivity index (χ4n) is 3.42. The van der Waals surface area contributed by atoms with Gasteiger partial charge in [0.2, 0.25) is 0 Å². The molecule has 0 spiro atoms. The van der Waals surface area contributed by atoms with Crippen molar-refractivity contribution in [1.29, 1.82) is 0 Å². The van der Waals surface area contributed by atoms with Gasteiger partial charge in [-0.15, -0.1) is 0 Å². The fourth-order valence-corrected chi connectivity index (χ4v) is 3.42. The first-order valence-electron chi connectivity index (χ1n) is 7.47. The van der Waals surface area contributed by atoms with E-state index in [2.05, 4.69) is 41.5 Å². The molecule has 2 heteroatoms. The van der Waals surface area contributed by atoms with Crippen molar-refractivity contribution in [1.82, 2.24) is 0 Å². The van der Waals surface area contributed by atoms with E-state index in [-0.39, 0.29) is 23.0 Å². The third kappa shape index (κ3) is 3.57. The lowest BCUT2D eigenvalue weighted by Gasteiger charge is -2.28. The molecule has 106 valence electrons. The molecule has 0 N–H and O–H groups in total. The Labute approximate surface area is 112 Å². The number of carbonyl (C=O) groups excluding carboxylic acids is 1. The number of Topliss-reactive ketones (excluding diaryl/α,β-unsaturated/α-hetero) is 1. The van der Waals surface area contributed by atoms with Crippen LogP contribution < -0.4 is 0 Å². The Kier molecular flexibility index (Phi) is 4.99. The van der Waals surface area contributed by atoms with E-state index >= 15 is 0 Å². The Bertz CT molecular complexity index is 285. The Hall–Kier alpha value is -0.370. The van der Waals surface area contributed by atoms with Gasteiger partial charge in [0.1, 0.15) is 5.78 Å². The number of ether oxygens (including phenoxy) is 1. The van der Waals surface area contributed by atoms with E-state index in [0.717, 1.165) is 32.1 Å². The van der Waals surface area contributed by atoms with Gasteiger partial charge in [-0.1, -0.05) is 26.7 Å².